The fourth-order valence-electron chi connectivity index (χ4n) is 2.85. The number of aromatic nitrogens is 2. The van der Waals surface area contributed by atoms with Crippen molar-refractivity contribution in [2.45, 2.75) is 38.1 Å². The van der Waals surface area contributed by atoms with Crippen LogP contribution in [0.15, 0.2) is 24.3 Å². The second-order valence-corrected chi connectivity index (χ2v) is 5.06. The van der Waals surface area contributed by atoms with Crippen molar-refractivity contribution in [1.82, 2.24) is 9.97 Å². The normalized spacial score (nSPS) is 19.6. The van der Waals surface area contributed by atoms with Gasteiger partial charge in [0.05, 0.1) is 17.1 Å². The third kappa shape index (κ3) is 2.07. The number of benzene rings is 1. The van der Waals surface area contributed by atoms with Gasteiger partial charge in [-0.05, 0) is 30.9 Å². The fraction of sp³-hybridized carbons (Fsp3) is 0.500. The van der Waals surface area contributed by atoms with Crippen molar-refractivity contribution < 1.29 is 0 Å². The van der Waals surface area contributed by atoms with Gasteiger partial charge in [0.2, 0.25) is 0 Å². The smallest absolute Gasteiger partial charge is 0.124 e. The summed E-state index contributed by atoms with van der Waals surface area (Å²) in [6, 6.07) is 8.19. The first-order chi connectivity index (χ1) is 8.34. The number of hydrogen-bond donors (Lipinski definition) is 2. The Kier molecular flexibility index (Phi) is 2.85. The highest BCUT2D eigenvalue weighted by Crippen LogP contribution is 2.32. The van der Waals surface area contributed by atoms with Crippen LogP contribution in [0.5, 0.6) is 0 Å². The third-order valence-corrected chi connectivity index (χ3v) is 3.88. The topological polar surface area (TPSA) is 54.7 Å². The Labute approximate surface area is 101 Å². The summed E-state index contributed by atoms with van der Waals surface area (Å²) in [6.07, 6.45) is 6.50. The van der Waals surface area contributed by atoms with Gasteiger partial charge in [-0.15, -0.1) is 0 Å². The van der Waals surface area contributed by atoms with Crippen molar-refractivity contribution in [2.24, 2.45) is 11.7 Å². The monoisotopic (exact) mass is 229 g/mol. The molecule has 1 aromatic carbocycles. The lowest BCUT2D eigenvalue weighted by molar-refractivity contribution is 0.302. The van der Waals surface area contributed by atoms with Crippen molar-refractivity contribution in [3.8, 4) is 0 Å². The minimum Gasteiger partial charge on any atom is -0.341 e. The van der Waals surface area contributed by atoms with Crippen LogP contribution < -0.4 is 5.73 Å². The summed E-state index contributed by atoms with van der Waals surface area (Å²) in [4.78, 5) is 7.96. The van der Waals surface area contributed by atoms with E-state index in [9.17, 15) is 0 Å². The van der Waals surface area contributed by atoms with Gasteiger partial charge in [-0.2, -0.15) is 0 Å². The summed E-state index contributed by atoms with van der Waals surface area (Å²) in [5.41, 5.74) is 8.45. The predicted octanol–water partition coefficient (Wildman–Crippen LogP) is 3.14. The largest absolute Gasteiger partial charge is 0.341 e. The maximum absolute atomic E-state index is 6.34. The first-order valence-electron chi connectivity index (χ1n) is 6.55. The minimum absolute atomic E-state index is 0.0719. The molecule has 0 saturated heterocycles. The molecule has 1 aliphatic rings. The molecular formula is C14H19N3. The van der Waals surface area contributed by atoms with E-state index in [-0.39, 0.29) is 6.04 Å². The number of nitrogens with one attached hydrogen (secondary N) is 1. The van der Waals surface area contributed by atoms with Crippen molar-refractivity contribution in [3.05, 3.63) is 30.1 Å². The molecule has 0 amide bonds. The molecule has 0 unspecified atom stereocenters. The van der Waals surface area contributed by atoms with Crippen molar-refractivity contribution >= 4 is 11.0 Å². The lowest BCUT2D eigenvalue weighted by Crippen LogP contribution is -2.24. The molecule has 3 nitrogen and oxygen atoms in total. The minimum atomic E-state index is 0.0719. The van der Waals surface area contributed by atoms with E-state index in [1.54, 1.807) is 0 Å². The standard InChI is InChI=1S/C14H19N3/c15-13(10-6-2-1-3-7-10)14-16-11-8-4-5-9-12(11)17-14/h4-5,8-10,13H,1-3,6-7,15H2,(H,16,17)/t13-/m0/s1. The highest BCUT2D eigenvalue weighted by atomic mass is 15.0. The molecule has 1 aliphatic carbocycles. The molecule has 90 valence electrons. The number of fused-ring (bicyclic) bond motifs is 1. The predicted molar refractivity (Wildman–Crippen MR) is 69.6 cm³/mol. The van der Waals surface area contributed by atoms with Gasteiger partial charge in [-0.3, -0.25) is 0 Å². The van der Waals surface area contributed by atoms with E-state index in [4.69, 9.17) is 5.73 Å². The number of imidazole rings is 1. The molecule has 17 heavy (non-hydrogen) atoms. The van der Waals surface area contributed by atoms with E-state index in [0.717, 1.165) is 16.9 Å². The Morgan fingerprint density at radius 2 is 1.94 bits per heavy atom. The second kappa shape index (κ2) is 4.49. The number of hydrogen-bond acceptors (Lipinski definition) is 2. The molecule has 0 radical (unpaired) electrons. The quantitative estimate of drug-likeness (QED) is 0.831. The Hall–Kier alpha value is -1.35. The number of H-pyrrole nitrogens is 1. The molecule has 3 rings (SSSR count). The van der Waals surface area contributed by atoms with Gasteiger partial charge in [0.1, 0.15) is 5.82 Å². The van der Waals surface area contributed by atoms with E-state index in [2.05, 4.69) is 16.0 Å². The van der Waals surface area contributed by atoms with Crippen LogP contribution in [0.4, 0.5) is 0 Å². The van der Waals surface area contributed by atoms with Crippen LogP contribution in [0.1, 0.15) is 44.0 Å². The number of nitrogens with zero attached hydrogens (tertiary/aromatic N) is 1. The van der Waals surface area contributed by atoms with Gasteiger partial charge >= 0.3 is 0 Å². The summed E-state index contributed by atoms with van der Waals surface area (Å²) in [5, 5.41) is 0. The first-order valence-corrected chi connectivity index (χ1v) is 6.55. The van der Waals surface area contributed by atoms with Crippen molar-refractivity contribution in [1.29, 1.82) is 0 Å². The molecule has 0 aliphatic heterocycles. The van der Waals surface area contributed by atoms with E-state index >= 15 is 0 Å². The molecule has 1 fully saturated rings. The molecule has 0 bridgehead atoms. The van der Waals surface area contributed by atoms with Crippen molar-refractivity contribution in [3.63, 3.8) is 0 Å². The van der Waals surface area contributed by atoms with E-state index in [0.29, 0.717) is 5.92 Å². The number of rotatable bonds is 2. The molecule has 3 N–H and O–H groups in total. The van der Waals surface area contributed by atoms with E-state index in [1.807, 2.05) is 18.2 Å². The maximum atomic E-state index is 6.34. The van der Waals surface area contributed by atoms with Crippen LogP contribution >= 0.6 is 0 Å². The molecule has 1 atom stereocenters. The van der Waals surface area contributed by atoms with Gasteiger partial charge < -0.3 is 10.7 Å². The average molecular weight is 229 g/mol. The number of para-hydroxylation sites is 2. The molecule has 3 heteroatoms. The fourth-order valence-corrected chi connectivity index (χ4v) is 2.85. The number of aromatic amines is 1. The zero-order valence-corrected chi connectivity index (χ0v) is 10.0. The zero-order chi connectivity index (χ0) is 11.7. The lowest BCUT2D eigenvalue weighted by atomic mass is 9.84. The van der Waals surface area contributed by atoms with Crippen LogP contribution in [0.25, 0.3) is 11.0 Å². The van der Waals surface area contributed by atoms with Crippen LogP contribution in [0, 0.1) is 5.92 Å². The Morgan fingerprint density at radius 3 is 2.71 bits per heavy atom. The summed E-state index contributed by atoms with van der Waals surface area (Å²) in [6.45, 7) is 0. The summed E-state index contributed by atoms with van der Waals surface area (Å²) in [5.74, 6) is 1.56. The molecule has 1 saturated carbocycles. The summed E-state index contributed by atoms with van der Waals surface area (Å²) in [7, 11) is 0. The molecular weight excluding hydrogens is 210 g/mol. The van der Waals surface area contributed by atoms with Crippen molar-refractivity contribution in [2.75, 3.05) is 0 Å². The summed E-state index contributed by atoms with van der Waals surface area (Å²) >= 11 is 0. The molecule has 2 aromatic rings. The third-order valence-electron chi connectivity index (χ3n) is 3.88. The van der Waals surface area contributed by atoms with Gasteiger partial charge in [0, 0.05) is 0 Å². The molecule has 1 heterocycles. The van der Waals surface area contributed by atoms with Crippen LogP contribution in [0.3, 0.4) is 0 Å². The second-order valence-electron chi connectivity index (χ2n) is 5.06. The highest BCUT2D eigenvalue weighted by molar-refractivity contribution is 5.74. The summed E-state index contributed by atoms with van der Waals surface area (Å²) < 4.78 is 0. The highest BCUT2D eigenvalue weighted by Gasteiger charge is 2.23. The maximum Gasteiger partial charge on any atom is 0.124 e. The SMILES string of the molecule is N[C@H](c1nc2ccccc2[nH]1)C1CCCCC1. The van der Waals surface area contributed by atoms with Gasteiger partial charge in [0.15, 0.2) is 0 Å². The average Bonchev–Trinajstić information content (AvgIpc) is 2.82. The van der Waals surface area contributed by atoms with Gasteiger partial charge in [0.25, 0.3) is 0 Å². The van der Waals surface area contributed by atoms with Crippen LogP contribution in [-0.2, 0) is 0 Å². The van der Waals surface area contributed by atoms with Gasteiger partial charge in [-0.1, -0.05) is 31.4 Å². The Morgan fingerprint density at radius 1 is 1.18 bits per heavy atom. The van der Waals surface area contributed by atoms with Crippen LogP contribution in [-0.4, -0.2) is 9.97 Å². The first kappa shape index (κ1) is 10.8. The number of nitrogens with two attached hydrogens (primary N) is 1. The van der Waals surface area contributed by atoms with Gasteiger partial charge in [-0.25, -0.2) is 4.98 Å². The molecule has 1 aromatic heterocycles. The zero-order valence-electron chi connectivity index (χ0n) is 10.0. The Bertz CT molecular complexity index is 464. The van der Waals surface area contributed by atoms with E-state index < -0.39 is 0 Å². The van der Waals surface area contributed by atoms with Crippen LogP contribution in [0.2, 0.25) is 0 Å². The Balaban J connectivity index is 1.86. The van der Waals surface area contributed by atoms with E-state index in [1.165, 1.54) is 32.1 Å². The lowest BCUT2D eigenvalue weighted by Gasteiger charge is -2.26. The molecule has 0 spiro atoms.